The van der Waals surface area contributed by atoms with Crippen molar-refractivity contribution in [2.75, 3.05) is 0 Å². The third-order valence-electron chi connectivity index (χ3n) is 1.30. The van der Waals surface area contributed by atoms with Crippen LogP contribution in [-0.2, 0) is 0 Å². The number of nitrogens with one attached hydrogen (secondary N) is 1. The lowest BCUT2D eigenvalue weighted by Gasteiger charge is -2.20. The zero-order valence-electron chi connectivity index (χ0n) is 6.57. The molecule has 2 nitrogen and oxygen atoms in total. The lowest BCUT2D eigenvalue weighted by atomic mass is 10.0. The van der Waals surface area contributed by atoms with Crippen LogP contribution >= 0.6 is 0 Å². The van der Waals surface area contributed by atoms with E-state index in [1.165, 1.54) is 0 Å². The first-order chi connectivity index (χ1) is 4.88. The van der Waals surface area contributed by atoms with Gasteiger partial charge < -0.3 is 0 Å². The summed E-state index contributed by atoms with van der Waals surface area (Å²) in [5.74, 6) is 4.72. The fourth-order valence-electron chi connectivity index (χ4n) is 0.768. The van der Waals surface area contributed by atoms with Crippen LogP contribution in [0.1, 0.15) is 20.3 Å². The zero-order chi connectivity index (χ0) is 9.07. The van der Waals surface area contributed by atoms with E-state index in [0.717, 1.165) is 0 Å². The summed E-state index contributed by atoms with van der Waals surface area (Å²) in [5, 5.41) is 0. The molecule has 3 N–H and O–H groups in total. The molecule has 11 heavy (non-hydrogen) atoms. The molecular weight excluding hydrogens is 157 g/mol. The second kappa shape index (κ2) is 3.92. The average molecular weight is 170 g/mol. The quantitative estimate of drug-likeness (QED) is 0.496. The molecule has 0 aromatic rings. The Balaban J connectivity index is 3.96. The molecule has 0 aromatic heterocycles. The van der Waals surface area contributed by atoms with Gasteiger partial charge in [-0.1, -0.05) is 13.8 Å². The van der Waals surface area contributed by atoms with E-state index in [1.807, 2.05) is 0 Å². The number of hydrazine groups is 1. The van der Waals surface area contributed by atoms with E-state index in [2.05, 4.69) is 0 Å². The maximum absolute atomic E-state index is 11.9. The van der Waals surface area contributed by atoms with E-state index in [4.69, 9.17) is 5.84 Å². The summed E-state index contributed by atoms with van der Waals surface area (Å²) in [6, 6.07) is -1.58. The van der Waals surface area contributed by atoms with Crippen molar-refractivity contribution in [2.24, 2.45) is 11.8 Å². The molecule has 0 radical (unpaired) electrons. The van der Waals surface area contributed by atoms with Gasteiger partial charge in [-0.15, -0.1) is 0 Å². The van der Waals surface area contributed by atoms with Crippen LogP contribution in [0.5, 0.6) is 0 Å². The Hall–Kier alpha value is -0.290. The van der Waals surface area contributed by atoms with Crippen molar-refractivity contribution < 1.29 is 13.2 Å². The predicted octanol–water partition coefficient (Wildman–Crippen LogP) is 1.43. The van der Waals surface area contributed by atoms with Crippen LogP contribution in [-0.4, -0.2) is 12.2 Å². The highest BCUT2D eigenvalue weighted by atomic mass is 19.4. The molecular formula is C6H13F3N2. The van der Waals surface area contributed by atoms with Crippen molar-refractivity contribution in [3.05, 3.63) is 0 Å². The SMILES string of the molecule is CC(C)CC(NN)C(F)(F)F. The van der Waals surface area contributed by atoms with E-state index in [9.17, 15) is 13.2 Å². The van der Waals surface area contributed by atoms with Crippen molar-refractivity contribution in [1.82, 2.24) is 5.43 Å². The van der Waals surface area contributed by atoms with Gasteiger partial charge >= 0.3 is 6.18 Å². The summed E-state index contributed by atoms with van der Waals surface area (Å²) in [6.45, 7) is 3.44. The van der Waals surface area contributed by atoms with Crippen molar-refractivity contribution in [3.8, 4) is 0 Å². The molecule has 0 spiro atoms. The minimum atomic E-state index is -4.24. The monoisotopic (exact) mass is 170 g/mol. The third kappa shape index (κ3) is 4.21. The first-order valence-electron chi connectivity index (χ1n) is 3.40. The number of alkyl halides is 3. The molecule has 1 unspecified atom stereocenters. The Bertz CT molecular complexity index is 111. The summed E-state index contributed by atoms with van der Waals surface area (Å²) in [7, 11) is 0. The van der Waals surface area contributed by atoms with E-state index in [-0.39, 0.29) is 12.3 Å². The second-order valence-corrected chi connectivity index (χ2v) is 2.89. The van der Waals surface area contributed by atoms with Crippen molar-refractivity contribution in [1.29, 1.82) is 0 Å². The number of halogens is 3. The molecule has 1 atom stereocenters. The van der Waals surface area contributed by atoms with E-state index in [0.29, 0.717) is 0 Å². The fraction of sp³-hybridized carbons (Fsp3) is 1.00. The molecule has 0 fully saturated rings. The smallest absolute Gasteiger partial charge is 0.271 e. The maximum Gasteiger partial charge on any atom is 0.405 e. The fourth-order valence-corrected chi connectivity index (χ4v) is 0.768. The van der Waals surface area contributed by atoms with Gasteiger partial charge in [0.05, 0.1) is 0 Å². The van der Waals surface area contributed by atoms with Gasteiger partial charge in [-0.2, -0.15) is 13.2 Å². The van der Waals surface area contributed by atoms with Crippen molar-refractivity contribution in [3.63, 3.8) is 0 Å². The third-order valence-corrected chi connectivity index (χ3v) is 1.30. The number of hydrogen-bond donors (Lipinski definition) is 2. The van der Waals surface area contributed by atoms with E-state index in [1.54, 1.807) is 19.3 Å². The molecule has 0 amide bonds. The first kappa shape index (κ1) is 10.7. The second-order valence-electron chi connectivity index (χ2n) is 2.89. The molecule has 0 heterocycles. The number of nitrogens with two attached hydrogens (primary N) is 1. The largest absolute Gasteiger partial charge is 0.405 e. The first-order valence-corrected chi connectivity index (χ1v) is 3.40. The summed E-state index contributed by atoms with van der Waals surface area (Å²) in [6.07, 6.45) is -4.22. The molecule has 0 aliphatic heterocycles. The Morgan fingerprint density at radius 1 is 1.36 bits per heavy atom. The Kier molecular flexibility index (Phi) is 3.82. The normalized spacial score (nSPS) is 15.5. The van der Waals surface area contributed by atoms with Crippen LogP contribution in [0.4, 0.5) is 13.2 Å². The van der Waals surface area contributed by atoms with E-state index >= 15 is 0 Å². The van der Waals surface area contributed by atoms with Gasteiger partial charge in [0.1, 0.15) is 6.04 Å². The molecule has 0 aliphatic carbocycles. The summed E-state index contributed by atoms with van der Waals surface area (Å²) < 4.78 is 35.8. The summed E-state index contributed by atoms with van der Waals surface area (Å²) in [5.41, 5.74) is 1.75. The van der Waals surface area contributed by atoms with Crippen LogP contribution in [0.15, 0.2) is 0 Å². The molecule has 5 heteroatoms. The summed E-state index contributed by atoms with van der Waals surface area (Å²) >= 11 is 0. The van der Waals surface area contributed by atoms with Gasteiger partial charge in [-0.25, -0.2) is 5.43 Å². The summed E-state index contributed by atoms with van der Waals surface area (Å²) in [4.78, 5) is 0. The van der Waals surface area contributed by atoms with Gasteiger partial charge in [-0.05, 0) is 12.3 Å². The topological polar surface area (TPSA) is 38.0 Å². The van der Waals surface area contributed by atoms with Crippen LogP contribution in [0, 0.1) is 5.92 Å². The highest BCUT2D eigenvalue weighted by Gasteiger charge is 2.38. The van der Waals surface area contributed by atoms with Crippen molar-refractivity contribution >= 4 is 0 Å². The predicted molar refractivity (Wildman–Crippen MR) is 36.6 cm³/mol. The number of rotatable bonds is 3. The highest BCUT2D eigenvalue weighted by Crippen LogP contribution is 2.24. The Morgan fingerprint density at radius 3 is 1.91 bits per heavy atom. The average Bonchev–Trinajstić information content (AvgIpc) is 1.79. The molecule has 0 saturated heterocycles. The standard InChI is InChI=1S/C6H13F3N2/c1-4(2)3-5(11-10)6(7,8)9/h4-5,11H,3,10H2,1-2H3. The zero-order valence-corrected chi connectivity index (χ0v) is 6.57. The minimum absolute atomic E-state index is 0.0139. The van der Waals surface area contributed by atoms with Crippen LogP contribution < -0.4 is 11.3 Å². The molecule has 68 valence electrons. The maximum atomic E-state index is 11.9. The van der Waals surface area contributed by atoms with Gasteiger partial charge in [0.15, 0.2) is 0 Å². The molecule has 0 aliphatic rings. The van der Waals surface area contributed by atoms with Gasteiger partial charge in [-0.3, -0.25) is 5.84 Å². The Labute approximate surface area is 63.9 Å². The van der Waals surface area contributed by atoms with Gasteiger partial charge in [0.2, 0.25) is 0 Å². The van der Waals surface area contributed by atoms with Crippen LogP contribution in [0.2, 0.25) is 0 Å². The highest BCUT2D eigenvalue weighted by molar-refractivity contribution is 4.73. The van der Waals surface area contributed by atoms with Gasteiger partial charge in [0.25, 0.3) is 0 Å². The van der Waals surface area contributed by atoms with Crippen molar-refractivity contribution in [2.45, 2.75) is 32.5 Å². The van der Waals surface area contributed by atoms with Gasteiger partial charge in [0, 0.05) is 0 Å². The lowest BCUT2D eigenvalue weighted by molar-refractivity contribution is -0.159. The minimum Gasteiger partial charge on any atom is -0.271 e. The van der Waals surface area contributed by atoms with Crippen LogP contribution in [0.3, 0.4) is 0 Å². The molecule has 0 saturated carbocycles. The lowest BCUT2D eigenvalue weighted by Crippen LogP contribution is -2.46. The van der Waals surface area contributed by atoms with Crippen LogP contribution in [0.25, 0.3) is 0 Å². The van der Waals surface area contributed by atoms with E-state index < -0.39 is 12.2 Å². The molecule has 0 aromatic carbocycles. The Morgan fingerprint density at radius 2 is 1.82 bits per heavy atom. The number of hydrogen-bond acceptors (Lipinski definition) is 2. The molecule has 0 rings (SSSR count). The molecule has 0 bridgehead atoms.